The molecule has 14 heavy (non-hydrogen) atoms. The minimum atomic E-state index is -1.14. The lowest BCUT2D eigenvalue weighted by atomic mass is 10.3. The van der Waals surface area contributed by atoms with Gasteiger partial charge in [0.2, 0.25) is 0 Å². The van der Waals surface area contributed by atoms with E-state index in [1.807, 2.05) is 0 Å². The van der Waals surface area contributed by atoms with Crippen LogP contribution in [0.5, 0.6) is 0 Å². The van der Waals surface area contributed by atoms with E-state index in [1.54, 1.807) is 12.1 Å². The van der Waals surface area contributed by atoms with Crippen LogP contribution in [0, 0.1) is 0 Å². The second kappa shape index (κ2) is 4.83. The fourth-order valence-corrected chi connectivity index (χ4v) is 1.19. The van der Waals surface area contributed by atoms with Crippen LogP contribution in [-0.4, -0.2) is 17.3 Å². The van der Waals surface area contributed by atoms with E-state index in [0.717, 1.165) is 6.21 Å². The number of aliphatic carboxylic acids is 1. The third-order valence-electron chi connectivity index (χ3n) is 1.29. The maximum absolute atomic E-state index is 10.1. The summed E-state index contributed by atoms with van der Waals surface area (Å²) >= 11 is 11.4. The van der Waals surface area contributed by atoms with Crippen LogP contribution in [0.4, 0.5) is 5.69 Å². The summed E-state index contributed by atoms with van der Waals surface area (Å²) in [5.41, 5.74) is 2.96. The molecule has 0 aliphatic carbocycles. The average molecular weight is 233 g/mol. The number of anilines is 1. The summed E-state index contributed by atoms with van der Waals surface area (Å²) in [4.78, 5) is 10.1. The molecule has 1 aromatic carbocycles. The highest BCUT2D eigenvalue weighted by molar-refractivity contribution is 6.36. The monoisotopic (exact) mass is 232 g/mol. The number of nitrogens with one attached hydrogen (secondary N) is 1. The molecule has 0 spiro atoms. The number of carbonyl (C=O) groups is 1. The van der Waals surface area contributed by atoms with E-state index in [4.69, 9.17) is 28.3 Å². The predicted octanol–water partition coefficient (Wildman–Crippen LogP) is 2.48. The van der Waals surface area contributed by atoms with Gasteiger partial charge in [-0.25, -0.2) is 4.79 Å². The van der Waals surface area contributed by atoms with Crippen LogP contribution in [0.25, 0.3) is 0 Å². The zero-order valence-electron chi connectivity index (χ0n) is 6.87. The molecule has 0 heterocycles. The number of nitrogens with zero attached hydrogens (tertiary/aromatic N) is 1. The van der Waals surface area contributed by atoms with E-state index in [9.17, 15) is 4.79 Å². The first-order valence-electron chi connectivity index (χ1n) is 3.56. The molecule has 2 N–H and O–H groups in total. The SMILES string of the molecule is O=C(O)/C=N\Nc1ccc(Cl)cc1Cl. The number of carboxylic acid groups (broad SMARTS) is 1. The number of benzene rings is 1. The normalized spacial score (nSPS) is 10.4. The van der Waals surface area contributed by atoms with E-state index in [-0.39, 0.29) is 0 Å². The first-order chi connectivity index (χ1) is 6.59. The topological polar surface area (TPSA) is 61.7 Å². The number of rotatable bonds is 3. The predicted molar refractivity (Wildman–Crippen MR) is 56.2 cm³/mol. The maximum atomic E-state index is 10.1. The molecule has 0 bridgehead atoms. The van der Waals surface area contributed by atoms with Crippen LogP contribution in [0.2, 0.25) is 10.0 Å². The number of hydrogen-bond acceptors (Lipinski definition) is 3. The molecule has 0 amide bonds. The third kappa shape index (κ3) is 3.24. The molecule has 0 saturated heterocycles. The summed E-state index contributed by atoms with van der Waals surface area (Å²) < 4.78 is 0. The summed E-state index contributed by atoms with van der Waals surface area (Å²) in [7, 11) is 0. The van der Waals surface area contributed by atoms with Crippen LogP contribution >= 0.6 is 23.2 Å². The van der Waals surface area contributed by atoms with Gasteiger partial charge in [0, 0.05) is 5.02 Å². The van der Waals surface area contributed by atoms with Gasteiger partial charge in [0.1, 0.15) is 6.21 Å². The molecule has 0 unspecified atom stereocenters. The highest BCUT2D eigenvalue weighted by atomic mass is 35.5. The summed E-state index contributed by atoms with van der Waals surface area (Å²) in [6, 6.07) is 4.75. The number of carboxylic acids is 1. The molecule has 74 valence electrons. The summed E-state index contributed by atoms with van der Waals surface area (Å²) in [6.07, 6.45) is 0.727. The van der Waals surface area contributed by atoms with Crippen molar-refractivity contribution in [2.45, 2.75) is 0 Å². The summed E-state index contributed by atoms with van der Waals surface area (Å²) in [5.74, 6) is -1.14. The van der Waals surface area contributed by atoms with Crippen LogP contribution in [0.15, 0.2) is 23.3 Å². The fourth-order valence-electron chi connectivity index (χ4n) is 0.737. The Hall–Kier alpha value is -1.26. The molecule has 6 heteroatoms. The van der Waals surface area contributed by atoms with E-state index in [1.165, 1.54) is 6.07 Å². The average Bonchev–Trinajstić information content (AvgIpc) is 2.08. The van der Waals surface area contributed by atoms with Crippen LogP contribution in [0.1, 0.15) is 0 Å². The van der Waals surface area contributed by atoms with Crippen LogP contribution in [0.3, 0.4) is 0 Å². The maximum Gasteiger partial charge on any atom is 0.348 e. The Morgan fingerprint density at radius 2 is 2.21 bits per heavy atom. The van der Waals surface area contributed by atoms with Gasteiger partial charge in [-0.2, -0.15) is 5.10 Å². The zero-order chi connectivity index (χ0) is 10.6. The quantitative estimate of drug-likeness (QED) is 0.622. The van der Waals surface area contributed by atoms with Crippen molar-refractivity contribution in [2.24, 2.45) is 5.10 Å². The molecular formula is C8H6Cl2N2O2. The van der Waals surface area contributed by atoms with Gasteiger partial charge in [0.15, 0.2) is 0 Å². The molecule has 4 nitrogen and oxygen atoms in total. The highest BCUT2D eigenvalue weighted by Gasteiger charge is 1.98. The highest BCUT2D eigenvalue weighted by Crippen LogP contribution is 2.24. The Kier molecular flexibility index (Phi) is 3.73. The minimum absolute atomic E-state index is 0.375. The fraction of sp³-hybridized carbons (Fsp3) is 0. The third-order valence-corrected chi connectivity index (χ3v) is 1.84. The Labute approximate surface area is 90.1 Å². The Morgan fingerprint density at radius 1 is 1.50 bits per heavy atom. The molecule has 0 radical (unpaired) electrons. The molecule has 1 rings (SSSR count). The van der Waals surface area contributed by atoms with Crippen molar-refractivity contribution in [1.29, 1.82) is 0 Å². The Bertz CT molecular complexity index is 380. The lowest BCUT2D eigenvalue weighted by Gasteiger charge is -2.02. The van der Waals surface area contributed by atoms with Crippen molar-refractivity contribution in [2.75, 3.05) is 5.43 Å². The van der Waals surface area contributed by atoms with E-state index < -0.39 is 5.97 Å². The standard InChI is InChI=1S/C8H6Cl2N2O2/c9-5-1-2-7(6(10)3-5)12-11-4-8(13)14/h1-4,12H,(H,13,14)/b11-4-. The van der Waals surface area contributed by atoms with Gasteiger partial charge < -0.3 is 5.11 Å². The zero-order valence-corrected chi connectivity index (χ0v) is 8.38. The van der Waals surface area contributed by atoms with Crippen LogP contribution < -0.4 is 5.43 Å². The molecule has 0 aliphatic rings. The van der Waals surface area contributed by atoms with E-state index in [2.05, 4.69) is 10.5 Å². The van der Waals surface area contributed by atoms with Crippen LogP contribution in [-0.2, 0) is 4.79 Å². The lowest BCUT2D eigenvalue weighted by Crippen LogP contribution is -1.98. The summed E-state index contributed by atoms with van der Waals surface area (Å²) in [6.45, 7) is 0. The first kappa shape index (κ1) is 10.8. The number of hydrogen-bond donors (Lipinski definition) is 2. The van der Waals surface area contributed by atoms with Crippen molar-refractivity contribution in [3.63, 3.8) is 0 Å². The lowest BCUT2D eigenvalue weighted by molar-refractivity contribution is -0.128. The first-order valence-corrected chi connectivity index (χ1v) is 4.32. The number of halogens is 2. The smallest absolute Gasteiger partial charge is 0.348 e. The molecular weight excluding hydrogens is 227 g/mol. The molecule has 1 aromatic rings. The Balaban J connectivity index is 2.73. The Morgan fingerprint density at radius 3 is 2.79 bits per heavy atom. The molecule has 0 saturated carbocycles. The van der Waals surface area contributed by atoms with Gasteiger partial charge in [-0.1, -0.05) is 23.2 Å². The second-order valence-corrected chi connectivity index (χ2v) is 3.18. The van der Waals surface area contributed by atoms with Gasteiger partial charge in [-0.3, -0.25) is 5.43 Å². The second-order valence-electron chi connectivity index (χ2n) is 2.33. The largest absolute Gasteiger partial charge is 0.477 e. The van der Waals surface area contributed by atoms with Gasteiger partial charge in [-0.05, 0) is 18.2 Å². The summed E-state index contributed by atoms with van der Waals surface area (Å²) in [5, 5.41) is 12.6. The van der Waals surface area contributed by atoms with Crippen molar-refractivity contribution in [1.82, 2.24) is 0 Å². The van der Waals surface area contributed by atoms with Gasteiger partial charge in [0.25, 0.3) is 0 Å². The van der Waals surface area contributed by atoms with Crippen molar-refractivity contribution < 1.29 is 9.90 Å². The molecule has 0 atom stereocenters. The van der Waals surface area contributed by atoms with E-state index in [0.29, 0.717) is 15.7 Å². The minimum Gasteiger partial charge on any atom is -0.477 e. The van der Waals surface area contributed by atoms with Crippen molar-refractivity contribution >= 4 is 41.1 Å². The van der Waals surface area contributed by atoms with Crippen molar-refractivity contribution in [3.8, 4) is 0 Å². The molecule has 0 aliphatic heterocycles. The van der Waals surface area contributed by atoms with Gasteiger partial charge in [0.05, 0.1) is 10.7 Å². The molecule has 0 aromatic heterocycles. The van der Waals surface area contributed by atoms with E-state index >= 15 is 0 Å². The van der Waals surface area contributed by atoms with Gasteiger partial charge in [-0.15, -0.1) is 0 Å². The van der Waals surface area contributed by atoms with Crippen molar-refractivity contribution in [3.05, 3.63) is 28.2 Å². The number of hydrazone groups is 1. The van der Waals surface area contributed by atoms with Gasteiger partial charge >= 0.3 is 5.97 Å². The molecule has 0 fully saturated rings.